The maximum atomic E-state index is 12.7. The highest BCUT2D eigenvalue weighted by molar-refractivity contribution is 6.30. The zero-order valence-corrected chi connectivity index (χ0v) is 10.3. The predicted octanol–water partition coefficient (Wildman–Crippen LogP) is 4.90. The smallest absolute Gasteiger partial charge is 0.192 e. The van der Waals surface area contributed by atoms with Crippen LogP contribution in [-0.2, 0) is 6.18 Å². The highest BCUT2D eigenvalue weighted by atomic mass is 35.5. The molecule has 0 atom stereocenters. The van der Waals surface area contributed by atoms with E-state index < -0.39 is 11.7 Å². The van der Waals surface area contributed by atoms with E-state index in [0.717, 1.165) is 12.1 Å². The molecule has 0 unspecified atom stereocenters. The van der Waals surface area contributed by atoms with E-state index in [0.29, 0.717) is 16.1 Å². The Hall–Kier alpha value is -1.99. The predicted molar refractivity (Wildman–Crippen MR) is 66.6 cm³/mol. The number of nitrogens with zero attached hydrogens (tertiary/aromatic N) is 1. The Morgan fingerprint density at radius 1 is 1.05 bits per heavy atom. The molecular weight excluding hydrogens is 275 g/mol. The van der Waals surface area contributed by atoms with Gasteiger partial charge in [-0.25, -0.2) is 0 Å². The van der Waals surface area contributed by atoms with Crippen molar-refractivity contribution in [1.82, 2.24) is 0 Å². The number of alkyl halides is 3. The van der Waals surface area contributed by atoms with Gasteiger partial charge in [-0.15, -0.1) is 0 Å². The Labute approximate surface area is 112 Å². The Kier molecular flexibility index (Phi) is 3.50. The van der Waals surface area contributed by atoms with E-state index in [2.05, 4.69) is 0 Å². The number of benzene rings is 2. The first-order valence-electron chi connectivity index (χ1n) is 5.29. The van der Waals surface area contributed by atoms with E-state index in [1.807, 2.05) is 6.07 Å². The van der Waals surface area contributed by atoms with Crippen LogP contribution in [0.4, 0.5) is 13.2 Å². The first-order chi connectivity index (χ1) is 8.91. The third-order valence-electron chi connectivity index (χ3n) is 2.60. The summed E-state index contributed by atoms with van der Waals surface area (Å²) in [6.45, 7) is 0. The molecule has 0 spiro atoms. The minimum atomic E-state index is -4.42. The summed E-state index contributed by atoms with van der Waals surface area (Å²) < 4.78 is 38.0. The van der Waals surface area contributed by atoms with Crippen LogP contribution in [0.3, 0.4) is 0 Å². The van der Waals surface area contributed by atoms with Gasteiger partial charge in [-0.2, -0.15) is 18.4 Å². The average Bonchev–Trinajstić information content (AvgIpc) is 2.38. The minimum absolute atomic E-state index is 0.281. The Morgan fingerprint density at radius 2 is 1.79 bits per heavy atom. The monoisotopic (exact) mass is 281 g/mol. The van der Waals surface area contributed by atoms with Gasteiger partial charge in [0.15, 0.2) is 0 Å². The molecule has 0 saturated carbocycles. The fourth-order valence-electron chi connectivity index (χ4n) is 1.72. The summed E-state index contributed by atoms with van der Waals surface area (Å²) in [5, 5.41) is 9.35. The van der Waals surface area contributed by atoms with Crippen LogP contribution in [0.25, 0.3) is 11.1 Å². The van der Waals surface area contributed by atoms with Crippen molar-refractivity contribution in [3.05, 3.63) is 58.6 Å². The Morgan fingerprint density at radius 3 is 2.42 bits per heavy atom. The van der Waals surface area contributed by atoms with Crippen molar-refractivity contribution in [2.45, 2.75) is 6.18 Å². The van der Waals surface area contributed by atoms with Crippen LogP contribution in [0.5, 0.6) is 0 Å². The molecule has 0 aromatic heterocycles. The summed E-state index contributed by atoms with van der Waals surface area (Å²) in [7, 11) is 0. The highest BCUT2D eigenvalue weighted by Crippen LogP contribution is 2.33. The maximum absolute atomic E-state index is 12.7. The van der Waals surface area contributed by atoms with Gasteiger partial charge in [0.25, 0.3) is 0 Å². The topological polar surface area (TPSA) is 23.8 Å². The zero-order chi connectivity index (χ0) is 14.0. The van der Waals surface area contributed by atoms with Gasteiger partial charge in [-0.1, -0.05) is 23.7 Å². The van der Waals surface area contributed by atoms with Crippen molar-refractivity contribution in [2.24, 2.45) is 0 Å². The van der Waals surface area contributed by atoms with Crippen molar-refractivity contribution in [3.63, 3.8) is 0 Å². The molecule has 19 heavy (non-hydrogen) atoms. The van der Waals surface area contributed by atoms with E-state index in [9.17, 15) is 13.2 Å². The quantitative estimate of drug-likeness (QED) is 0.729. The lowest BCUT2D eigenvalue weighted by Gasteiger charge is -2.10. The van der Waals surface area contributed by atoms with Crippen LogP contribution in [0.2, 0.25) is 5.02 Å². The molecule has 5 heteroatoms. The van der Waals surface area contributed by atoms with Gasteiger partial charge in [-0.3, -0.25) is 0 Å². The first kappa shape index (κ1) is 13.4. The lowest BCUT2D eigenvalue weighted by Crippen LogP contribution is -2.04. The number of halogens is 4. The molecule has 2 aromatic rings. The van der Waals surface area contributed by atoms with Crippen molar-refractivity contribution >= 4 is 11.6 Å². The van der Waals surface area contributed by atoms with Crippen molar-refractivity contribution in [2.75, 3.05) is 0 Å². The lowest BCUT2D eigenvalue weighted by molar-refractivity contribution is -0.137. The van der Waals surface area contributed by atoms with Gasteiger partial charge in [0.1, 0.15) is 0 Å². The number of nitriles is 1. The number of rotatable bonds is 1. The molecular formula is C14H7ClF3N. The Balaban J connectivity index is 2.60. The standard InChI is InChI=1S/C14H7ClF3N/c15-12-5-4-10(8-19)13(7-12)9-2-1-3-11(6-9)14(16,17)18/h1-7H. The second kappa shape index (κ2) is 4.94. The van der Waals surface area contributed by atoms with E-state index in [4.69, 9.17) is 16.9 Å². The molecule has 96 valence electrons. The summed E-state index contributed by atoms with van der Waals surface area (Å²) in [6.07, 6.45) is -4.42. The third-order valence-corrected chi connectivity index (χ3v) is 2.84. The molecule has 0 N–H and O–H groups in total. The van der Waals surface area contributed by atoms with Crippen LogP contribution >= 0.6 is 11.6 Å². The summed E-state index contributed by atoms with van der Waals surface area (Å²) in [5.41, 5.74) is 0.229. The van der Waals surface area contributed by atoms with Crippen LogP contribution in [-0.4, -0.2) is 0 Å². The van der Waals surface area contributed by atoms with Gasteiger partial charge in [0.05, 0.1) is 17.2 Å². The van der Waals surface area contributed by atoms with Gasteiger partial charge in [-0.05, 0) is 35.9 Å². The summed E-state index contributed by atoms with van der Waals surface area (Å²) in [4.78, 5) is 0. The molecule has 0 saturated heterocycles. The molecule has 0 aliphatic heterocycles. The minimum Gasteiger partial charge on any atom is -0.192 e. The maximum Gasteiger partial charge on any atom is 0.416 e. The molecule has 0 heterocycles. The SMILES string of the molecule is N#Cc1ccc(Cl)cc1-c1cccc(C(F)(F)F)c1. The van der Waals surface area contributed by atoms with Crippen molar-refractivity contribution < 1.29 is 13.2 Å². The number of hydrogen-bond acceptors (Lipinski definition) is 1. The fraction of sp³-hybridized carbons (Fsp3) is 0.0714. The van der Waals surface area contributed by atoms with Gasteiger partial charge >= 0.3 is 6.18 Å². The van der Waals surface area contributed by atoms with Crippen LogP contribution in [0.1, 0.15) is 11.1 Å². The van der Waals surface area contributed by atoms with Gasteiger partial charge in [0, 0.05) is 10.6 Å². The molecule has 0 fully saturated rings. The van der Waals surface area contributed by atoms with E-state index in [1.165, 1.54) is 30.3 Å². The van der Waals surface area contributed by atoms with Gasteiger partial charge < -0.3 is 0 Å². The molecule has 0 amide bonds. The molecule has 1 nitrogen and oxygen atoms in total. The average molecular weight is 282 g/mol. The molecule has 0 aliphatic carbocycles. The van der Waals surface area contributed by atoms with Crippen LogP contribution in [0, 0.1) is 11.3 Å². The zero-order valence-electron chi connectivity index (χ0n) is 9.50. The van der Waals surface area contributed by atoms with E-state index in [-0.39, 0.29) is 5.56 Å². The lowest BCUT2D eigenvalue weighted by atomic mass is 9.98. The van der Waals surface area contributed by atoms with Gasteiger partial charge in [0.2, 0.25) is 0 Å². The van der Waals surface area contributed by atoms with Crippen molar-refractivity contribution in [1.29, 1.82) is 5.26 Å². The molecule has 0 radical (unpaired) electrons. The fourth-order valence-corrected chi connectivity index (χ4v) is 1.89. The normalized spacial score (nSPS) is 11.1. The van der Waals surface area contributed by atoms with E-state index >= 15 is 0 Å². The molecule has 2 aromatic carbocycles. The van der Waals surface area contributed by atoms with Crippen LogP contribution < -0.4 is 0 Å². The summed E-state index contributed by atoms with van der Waals surface area (Å²) in [5.74, 6) is 0. The summed E-state index contributed by atoms with van der Waals surface area (Å²) >= 11 is 5.82. The van der Waals surface area contributed by atoms with Crippen LogP contribution in [0.15, 0.2) is 42.5 Å². The van der Waals surface area contributed by atoms with Crippen molar-refractivity contribution in [3.8, 4) is 17.2 Å². The second-order valence-corrected chi connectivity index (χ2v) is 4.32. The largest absolute Gasteiger partial charge is 0.416 e. The Bertz CT molecular complexity index is 656. The molecule has 2 rings (SSSR count). The second-order valence-electron chi connectivity index (χ2n) is 3.88. The third kappa shape index (κ3) is 2.88. The summed E-state index contributed by atoms with van der Waals surface area (Å²) in [6, 6.07) is 11.2. The number of hydrogen-bond donors (Lipinski definition) is 0. The highest BCUT2D eigenvalue weighted by Gasteiger charge is 2.30. The first-order valence-corrected chi connectivity index (χ1v) is 5.67. The molecule has 0 bridgehead atoms. The molecule has 0 aliphatic rings. The van der Waals surface area contributed by atoms with E-state index in [1.54, 1.807) is 0 Å².